The summed E-state index contributed by atoms with van der Waals surface area (Å²) < 4.78 is 31.6. The van der Waals surface area contributed by atoms with Crippen molar-refractivity contribution < 1.29 is 13.2 Å². The first kappa shape index (κ1) is 15.0. The second-order valence-corrected chi connectivity index (χ2v) is 5.78. The van der Waals surface area contributed by atoms with Crippen molar-refractivity contribution in [1.82, 2.24) is 9.97 Å². The van der Waals surface area contributed by atoms with E-state index in [0.29, 0.717) is 11.4 Å². The first-order chi connectivity index (χ1) is 10.0. The minimum Gasteiger partial charge on any atom is -0.479 e. The maximum absolute atomic E-state index is 12.1. The molecule has 0 aliphatic heterocycles. The van der Waals surface area contributed by atoms with Gasteiger partial charge in [0.1, 0.15) is 16.7 Å². The third-order valence-corrected chi connectivity index (χ3v) is 3.85. The maximum Gasteiger partial charge on any atom is 0.264 e. The second-order valence-electron chi connectivity index (χ2n) is 3.76. The van der Waals surface area contributed by atoms with Crippen molar-refractivity contribution in [1.29, 1.82) is 5.26 Å². The van der Waals surface area contributed by atoms with E-state index in [1.807, 2.05) is 6.07 Å². The van der Waals surface area contributed by atoms with Crippen molar-refractivity contribution in [3.63, 3.8) is 0 Å². The minimum absolute atomic E-state index is 0.0343. The fraction of sp³-hybridized carbons (Fsp3) is 0.0833. The van der Waals surface area contributed by atoms with Crippen LogP contribution in [0.4, 0.5) is 5.69 Å². The molecular formula is C12H9ClN4O3S. The molecule has 0 unspecified atom stereocenters. The third kappa shape index (κ3) is 4.05. The lowest BCUT2D eigenvalue weighted by Crippen LogP contribution is -2.13. The van der Waals surface area contributed by atoms with Crippen LogP contribution in [0.2, 0.25) is 5.28 Å². The molecule has 1 N–H and O–H groups in total. The Morgan fingerprint density at radius 2 is 1.86 bits per heavy atom. The van der Waals surface area contributed by atoms with E-state index in [-0.39, 0.29) is 16.8 Å². The first-order valence-electron chi connectivity index (χ1n) is 5.61. The predicted molar refractivity (Wildman–Crippen MR) is 75.4 cm³/mol. The van der Waals surface area contributed by atoms with Gasteiger partial charge in [-0.05, 0) is 35.9 Å². The molecule has 0 saturated carbocycles. The molecule has 2 rings (SSSR count). The van der Waals surface area contributed by atoms with Crippen LogP contribution >= 0.6 is 11.6 Å². The monoisotopic (exact) mass is 324 g/mol. The lowest BCUT2D eigenvalue weighted by molar-refractivity contribution is 0.368. The van der Waals surface area contributed by atoms with E-state index in [4.69, 9.17) is 21.6 Å². The molecule has 7 nitrogen and oxygen atoms in total. The van der Waals surface area contributed by atoms with Crippen LogP contribution in [0.25, 0.3) is 0 Å². The fourth-order valence-corrected chi connectivity index (χ4v) is 2.43. The van der Waals surface area contributed by atoms with E-state index in [1.165, 1.54) is 12.1 Å². The highest BCUT2D eigenvalue weighted by atomic mass is 35.5. The van der Waals surface area contributed by atoms with Gasteiger partial charge in [0, 0.05) is 5.69 Å². The molecular weight excluding hydrogens is 316 g/mol. The predicted octanol–water partition coefficient (Wildman–Crippen LogP) is 1.83. The number of halogens is 1. The van der Waals surface area contributed by atoms with Gasteiger partial charge in [-0.15, -0.1) is 0 Å². The summed E-state index contributed by atoms with van der Waals surface area (Å²) in [5.41, 5.74) is 0.342. The number of benzene rings is 1. The lowest BCUT2D eigenvalue weighted by Gasteiger charge is -2.08. The van der Waals surface area contributed by atoms with Gasteiger partial charge in [-0.3, -0.25) is 4.72 Å². The summed E-state index contributed by atoms with van der Waals surface area (Å²) in [5, 5.41) is 8.36. The van der Waals surface area contributed by atoms with Crippen LogP contribution in [0, 0.1) is 11.3 Å². The van der Waals surface area contributed by atoms with Crippen molar-refractivity contribution in [3.05, 3.63) is 41.9 Å². The molecule has 0 spiro atoms. The Labute approximate surface area is 126 Å². The first-order valence-corrected chi connectivity index (χ1v) is 7.47. The molecule has 1 heterocycles. The van der Waals surface area contributed by atoms with Crippen LogP contribution in [0.15, 0.2) is 41.6 Å². The molecule has 1 aromatic carbocycles. The van der Waals surface area contributed by atoms with Gasteiger partial charge in [0.05, 0.1) is 12.4 Å². The Morgan fingerprint density at radius 1 is 1.24 bits per heavy atom. The molecule has 0 amide bonds. The highest BCUT2D eigenvalue weighted by Gasteiger charge is 2.15. The maximum atomic E-state index is 12.1. The average molecular weight is 325 g/mol. The van der Waals surface area contributed by atoms with Crippen molar-refractivity contribution in [2.24, 2.45) is 0 Å². The Balaban J connectivity index is 2.13. The lowest BCUT2D eigenvalue weighted by atomic mass is 10.3. The molecule has 0 saturated heterocycles. The molecule has 0 bridgehead atoms. The van der Waals surface area contributed by atoms with Crippen LogP contribution in [0.1, 0.15) is 0 Å². The molecule has 0 aliphatic rings. The highest BCUT2D eigenvalue weighted by Crippen LogP contribution is 2.19. The topological polar surface area (TPSA) is 105 Å². The molecule has 21 heavy (non-hydrogen) atoms. The van der Waals surface area contributed by atoms with E-state index in [0.717, 1.165) is 12.4 Å². The van der Waals surface area contributed by atoms with Gasteiger partial charge < -0.3 is 4.74 Å². The number of nitrogens with zero attached hydrogens (tertiary/aromatic N) is 3. The van der Waals surface area contributed by atoms with Gasteiger partial charge in [0.15, 0.2) is 6.61 Å². The van der Waals surface area contributed by atoms with Crippen molar-refractivity contribution in [3.8, 4) is 11.8 Å². The van der Waals surface area contributed by atoms with Crippen molar-refractivity contribution in [2.75, 3.05) is 11.3 Å². The zero-order valence-corrected chi connectivity index (χ0v) is 12.1. The summed E-state index contributed by atoms with van der Waals surface area (Å²) in [6.45, 7) is -0.0762. The smallest absolute Gasteiger partial charge is 0.264 e. The van der Waals surface area contributed by atoms with Crippen molar-refractivity contribution >= 4 is 27.3 Å². The number of ether oxygens (including phenoxy) is 1. The largest absolute Gasteiger partial charge is 0.479 e. The average Bonchev–Trinajstić information content (AvgIpc) is 2.47. The summed E-state index contributed by atoms with van der Waals surface area (Å²) in [6, 6.07) is 7.96. The minimum atomic E-state index is -3.79. The number of nitrogens with one attached hydrogen (secondary N) is 1. The summed E-state index contributed by atoms with van der Waals surface area (Å²) in [7, 11) is -3.79. The van der Waals surface area contributed by atoms with E-state index < -0.39 is 10.0 Å². The standard InChI is InChI=1S/C12H9ClN4O3S/c13-12-15-7-11(8-16-12)21(18,19)17-9-1-3-10(4-2-9)20-6-5-14/h1-4,7-8,17H,6H2. The van der Waals surface area contributed by atoms with Gasteiger partial charge in [0.2, 0.25) is 5.28 Å². The summed E-state index contributed by atoms with van der Waals surface area (Å²) in [5.74, 6) is 0.467. The highest BCUT2D eigenvalue weighted by molar-refractivity contribution is 7.92. The Kier molecular flexibility index (Phi) is 4.57. The Hall–Kier alpha value is -2.37. The Bertz CT molecular complexity index is 755. The van der Waals surface area contributed by atoms with Crippen LogP contribution in [0.3, 0.4) is 0 Å². The van der Waals surface area contributed by atoms with Gasteiger partial charge in [-0.1, -0.05) is 0 Å². The number of hydrogen-bond donors (Lipinski definition) is 1. The van der Waals surface area contributed by atoms with Crippen LogP contribution in [0.5, 0.6) is 5.75 Å². The molecule has 0 atom stereocenters. The van der Waals surface area contributed by atoms with Crippen LogP contribution < -0.4 is 9.46 Å². The van der Waals surface area contributed by atoms with Gasteiger partial charge in [0.25, 0.3) is 10.0 Å². The SMILES string of the molecule is N#CCOc1ccc(NS(=O)(=O)c2cnc(Cl)nc2)cc1. The fourth-order valence-electron chi connectivity index (χ4n) is 1.39. The molecule has 0 radical (unpaired) electrons. The zero-order valence-electron chi connectivity index (χ0n) is 10.5. The number of rotatable bonds is 5. The molecule has 2 aromatic rings. The van der Waals surface area contributed by atoms with E-state index in [9.17, 15) is 8.42 Å². The van der Waals surface area contributed by atoms with Gasteiger partial charge in [-0.2, -0.15) is 5.26 Å². The normalized spacial score (nSPS) is 10.7. The van der Waals surface area contributed by atoms with Gasteiger partial charge >= 0.3 is 0 Å². The second kappa shape index (κ2) is 6.39. The molecule has 1 aromatic heterocycles. The summed E-state index contributed by atoms with van der Waals surface area (Å²) in [6.07, 6.45) is 2.23. The Morgan fingerprint density at radius 3 is 2.43 bits per heavy atom. The van der Waals surface area contributed by atoms with Crippen molar-refractivity contribution in [2.45, 2.75) is 4.90 Å². The molecule has 0 aliphatic carbocycles. The number of aromatic nitrogens is 2. The summed E-state index contributed by atoms with van der Waals surface area (Å²) >= 11 is 5.51. The van der Waals surface area contributed by atoms with E-state index in [2.05, 4.69) is 14.7 Å². The van der Waals surface area contributed by atoms with Crippen LogP contribution in [-0.4, -0.2) is 25.0 Å². The molecule has 108 valence electrons. The number of nitriles is 1. The van der Waals surface area contributed by atoms with E-state index >= 15 is 0 Å². The third-order valence-electron chi connectivity index (χ3n) is 2.32. The number of anilines is 1. The summed E-state index contributed by atoms with van der Waals surface area (Å²) in [4.78, 5) is 7.14. The zero-order chi connectivity index (χ0) is 15.3. The quantitative estimate of drug-likeness (QED) is 0.841. The van der Waals surface area contributed by atoms with Crippen LogP contribution in [-0.2, 0) is 10.0 Å². The number of sulfonamides is 1. The number of hydrogen-bond acceptors (Lipinski definition) is 6. The molecule has 0 fully saturated rings. The van der Waals surface area contributed by atoms with E-state index in [1.54, 1.807) is 12.1 Å². The van der Waals surface area contributed by atoms with Gasteiger partial charge in [-0.25, -0.2) is 18.4 Å². The molecule has 9 heteroatoms.